The van der Waals surface area contributed by atoms with E-state index in [0.29, 0.717) is 5.75 Å². The summed E-state index contributed by atoms with van der Waals surface area (Å²) < 4.78 is 10.4. The molecule has 1 aromatic rings. The summed E-state index contributed by atoms with van der Waals surface area (Å²) >= 11 is 0. The van der Waals surface area contributed by atoms with Crippen molar-refractivity contribution in [3.63, 3.8) is 0 Å². The highest BCUT2D eigenvalue weighted by atomic mass is 16.5. The fourth-order valence-corrected chi connectivity index (χ4v) is 2.20. The molecule has 1 N–H and O–H groups in total. The van der Waals surface area contributed by atoms with Crippen LogP contribution in [0.4, 0.5) is 0 Å². The van der Waals surface area contributed by atoms with Crippen molar-refractivity contribution in [3.05, 3.63) is 24.3 Å². The number of carbonyl (C=O) groups excluding carboxylic acids is 1. The Labute approximate surface area is 125 Å². The first kappa shape index (κ1) is 15.4. The van der Waals surface area contributed by atoms with Crippen LogP contribution in [0.15, 0.2) is 29.4 Å². The van der Waals surface area contributed by atoms with Crippen LogP contribution in [0.5, 0.6) is 11.5 Å². The van der Waals surface area contributed by atoms with Crippen molar-refractivity contribution in [1.82, 2.24) is 5.43 Å². The van der Waals surface area contributed by atoms with Crippen molar-refractivity contribution in [3.8, 4) is 11.5 Å². The number of hydrazone groups is 1. The number of carbonyl (C=O) groups is 1. The quantitative estimate of drug-likeness (QED) is 0.848. The number of benzene rings is 1. The van der Waals surface area contributed by atoms with Crippen LogP contribution in [0, 0.1) is 5.92 Å². The molecule has 1 aromatic carbocycles. The number of ether oxygens (including phenoxy) is 2. The van der Waals surface area contributed by atoms with E-state index >= 15 is 0 Å². The molecule has 0 spiro atoms. The predicted molar refractivity (Wildman–Crippen MR) is 81.7 cm³/mol. The van der Waals surface area contributed by atoms with Crippen molar-refractivity contribution in [2.24, 2.45) is 11.0 Å². The van der Waals surface area contributed by atoms with E-state index in [1.54, 1.807) is 31.4 Å². The minimum Gasteiger partial charge on any atom is -0.497 e. The Balaban J connectivity index is 1.73. The van der Waals surface area contributed by atoms with Gasteiger partial charge in [-0.2, -0.15) is 5.10 Å². The van der Waals surface area contributed by atoms with Gasteiger partial charge in [0.1, 0.15) is 11.5 Å². The second-order valence-electron chi connectivity index (χ2n) is 5.36. The third kappa shape index (κ3) is 5.10. The molecule has 0 saturated heterocycles. The standard InChI is InChI=1S/C16H22N2O3/c1-12-3-5-13(6-4-12)17-18-16(19)11-21-15-9-7-14(20-2)8-10-15/h7-10,12H,3-6,11H2,1-2H3,(H,18,19). The maximum absolute atomic E-state index is 11.7. The van der Waals surface area contributed by atoms with Crippen molar-refractivity contribution in [1.29, 1.82) is 0 Å². The van der Waals surface area contributed by atoms with Crippen molar-refractivity contribution in [2.75, 3.05) is 13.7 Å². The largest absolute Gasteiger partial charge is 0.497 e. The van der Waals surface area contributed by atoms with Crippen LogP contribution in [-0.4, -0.2) is 25.3 Å². The molecule has 1 aliphatic carbocycles. The van der Waals surface area contributed by atoms with Crippen LogP contribution in [0.3, 0.4) is 0 Å². The zero-order valence-electron chi connectivity index (χ0n) is 12.6. The molecule has 1 aliphatic rings. The number of nitrogens with one attached hydrogen (secondary N) is 1. The van der Waals surface area contributed by atoms with Gasteiger partial charge < -0.3 is 9.47 Å². The molecule has 1 saturated carbocycles. The van der Waals surface area contributed by atoms with E-state index in [4.69, 9.17) is 9.47 Å². The van der Waals surface area contributed by atoms with Crippen LogP contribution in [0.2, 0.25) is 0 Å². The van der Waals surface area contributed by atoms with E-state index < -0.39 is 0 Å². The average molecular weight is 290 g/mol. The van der Waals surface area contributed by atoms with E-state index in [-0.39, 0.29) is 12.5 Å². The fraction of sp³-hybridized carbons (Fsp3) is 0.500. The SMILES string of the molecule is COc1ccc(OCC(=O)NN=C2CCC(C)CC2)cc1. The van der Waals surface area contributed by atoms with Crippen LogP contribution in [0.25, 0.3) is 0 Å². The molecule has 0 atom stereocenters. The molecular formula is C16H22N2O3. The Bertz CT molecular complexity index is 487. The molecular weight excluding hydrogens is 268 g/mol. The normalized spacial score (nSPS) is 18.0. The number of amides is 1. The molecule has 0 radical (unpaired) electrons. The van der Waals surface area contributed by atoms with Crippen LogP contribution >= 0.6 is 0 Å². The van der Waals surface area contributed by atoms with E-state index in [1.165, 1.54) is 0 Å². The zero-order valence-corrected chi connectivity index (χ0v) is 12.6. The van der Waals surface area contributed by atoms with Crippen molar-refractivity contribution in [2.45, 2.75) is 32.6 Å². The summed E-state index contributed by atoms with van der Waals surface area (Å²) in [6, 6.07) is 7.11. The van der Waals surface area contributed by atoms with Crippen LogP contribution in [-0.2, 0) is 4.79 Å². The first-order valence-electron chi connectivity index (χ1n) is 7.28. The lowest BCUT2D eigenvalue weighted by atomic mass is 9.90. The minimum absolute atomic E-state index is 0.0422. The molecule has 0 bridgehead atoms. The first-order valence-corrected chi connectivity index (χ1v) is 7.28. The number of hydrogen-bond donors (Lipinski definition) is 1. The molecule has 114 valence electrons. The highest BCUT2D eigenvalue weighted by Gasteiger charge is 2.13. The minimum atomic E-state index is -0.239. The third-order valence-electron chi connectivity index (χ3n) is 3.62. The van der Waals surface area contributed by atoms with Gasteiger partial charge in [0.2, 0.25) is 0 Å². The van der Waals surface area contributed by atoms with Gasteiger partial charge in [-0.3, -0.25) is 4.79 Å². The number of hydrogen-bond acceptors (Lipinski definition) is 4. The smallest absolute Gasteiger partial charge is 0.277 e. The third-order valence-corrected chi connectivity index (χ3v) is 3.62. The highest BCUT2D eigenvalue weighted by molar-refractivity contribution is 5.87. The molecule has 5 nitrogen and oxygen atoms in total. The van der Waals surface area contributed by atoms with Gasteiger partial charge in [-0.25, -0.2) is 5.43 Å². The second-order valence-corrected chi connectivity index (χ2v) is 5.36. The van der Waals surface area contributed by atoms with Gasteiger partial charge in [0.25, 0.3) is 5.91 Å². The Morgan fingerprint density at radius 1 is 1.24 bits per heavy atom. The molecule has 0 aliphatic heterocycles. The number of rotatable bonds is 5. The van der Waals surface area contributed by atoms with Gasteiger partial charge in [0.05, 0.1) is 7.11 Å². The Morgan fingerprint density at radius 2 is 1.86 bits per heavy atom. The van der Waals surface area contributed by atoms with Crippen LogP contribution in [0.1, 0.15) is 32.6 Å². The molecule has 21 heavy (non-hydrogen) atoms. The summed E-state index contributed by atoms with van der Waals surface area (Å²) in [7, 11) is 1.61. The monoisotopic (exact) mass is 290 g/mol. The summed E-state index contributed by atoms with van der Waals surface area (Å²) in [5.41, 5.74) is 3.63. The Kier molecular flexibility index (Phi) is 5.60. The lowest BCUT2D eigenvalue weighted by Crippen LogP contribution is -2.26. The Morgan fingerprint density at radius 3 is 2.48 bits per heavy atom. The van der Waals surface area contributed by atoms with E-state index in [1.807, 2.05) is 0 Å². The summed E-state index contributed by atoms with van der Waals surface area (Å²) in [5.74, 6) is 1.91. The van der Waals surface area contributed by atoms with Gasteiger partial charge in [0.15, 0.2) is 6.61 Å². The summed E-state index contributed by atoms with van der Waals surface area (Å²) in [6.45, 7) is 2.21. The maximum Gasteiger partial charge on any atom is 0.277 e. The summed E-state index contributed by atoms with van der Waals surface area (Å²) in [4.78, 5) is 11.7. The lowest BCUT2D eigenvalue weighted by molar-refractivity contribution is -0.123. The highest BCUT2D eigenvalue weighted by Crippen LogP contribution is 2.21. The molecule has 2 rings (SSSR count). The predicted octanol–water partition coefficient (Wildman–Crippen LogP) is 2.76. The van der Waals surface area contributed by atoms with E-state index in [0.717, 1.165) is 43.1 Å². The first-order chi connectivity index (χ1) is 10.2. The second kappa shape index (κ2) is 7.67. The number of methoxy groups -OCH3 is 1. The van der Waals surface area contributed by atoms with Crippen molar-refractivity contribution < 1.29 is 14.3 Å². The molecule has 0 heterocycles. The Hall–Kier alpha value is -2.04. The van der Waals surface area contributed by atoms with Gasteiger partial charge in [0, 0.05) is 5.71 Å². The van der Waals surface area contributed by atoms with Gasteiger partial charge in [-0.15, -0.1) is 0 Å². The number of nitrogens with zero attached hydrogens (tertiary/aromatic N) is 1. The van der Waals surface area contributed by atoms with E-state index in [9.17, 15) is 4.79 Å². The van der Waals surface area contributed by atoms with Gasteiger partial charge >= 0.3 is 0 Å². The molecule has 0 unspecified atom stereocenters. The molecule has 1 amide bonds. The van der Waals surface area contributed by atoms with Gasteiger partial charge in [-0.1, -0.05) is 6.92 Å². The molecule has 1 fully saturated rings. The average Bonchev–Trinajstić information content (AvgIpc) is 2.53. The maximum atomic E-state index is 11.7. The molecule has 0 aromatic heterocycles. The summed E-state index contributed by atoms with van der Waals surface area (Å²) in [5, 5.41) is 4.17. The van der Waals surface area contributed by atoms with Crippen LogP contribution < -0.4 is 14.9 Å². The fourth-order valence-electron chi connectivity index (χ4n) is 2.20. The molecule has 5 heteroatoms. The summed E-state index contributed by atoms with van der Waals surface area (Å²) in [6.07, 6.45) is 4.25. The topological polar surface area (TPSA) is 59.9 Å². The van der Waals surface area contributed by atoms with E-state index in [2.05, 4.69) is 17.5 Å². The lowest BCUT2D eigenvalue weighted by Gasteiger charge is -2.18. The van der Waals surface area contributed by atoms with Crippen molar-refractivity contribution >= 4 is 11.6 Å². The van der Waals surface area contributed by atoms with Gasteiger partial charge in [-0.05, 0) is 55.9 Å². The zero-order chi connectivity index (χ0) is 15.1.